The van der Waals surface area contributed by atoms with Crippen LogP contribution in [0.1, 0.15) is 23.9 Å². The number of nitrogens with one attached hydrogen (secondary N) is 1. The molecular weight excluding hydrogens is 330 g/mol. The molecule has 0 saturated heterocycles. The van der Waals surface area contributed by atoms with Crippen LogP contribution in [0, 0.1) is 13.8 Å². The number of aryl methyl sites for hydroxylation is 2. The highest BCUT2D eigenvalue weighted by molar-refractivity contribution is 6.31. The van der Waals surface area contributed by atoms with Gasteiger partial charge in [-0.1, -0.05) is 16.8 Å². The molecule has 0 spiro atoms. The van der Waals surface area contributed by atoms with E-state index in [9.17, 15) is 4.79 Å². The summed E-state index contributed by atoms with van der Waals surface area (Å²) in [6.45, 7) is 6.06. The lowest BCUT2D eigenvalue weighted by atomic mass is 10.2. The Morgan fingerprint density at radius 2 is 2.12 bits per heavy atom. The van der Waals surface area contributed by atoms with Crippen molar-refractivity contribution in [2.24, 2.45) is 0 Å². The summed E-state index contributed by atoms with van der Waals surface area (Å²) in [7, 11) is 3.40. The van der Waals surface area contributed by atoms with E-state index in [0.29, 0.717) is 23.0 Å². The summed E-state index contributed by atoms with van der Waals surface area (Å²) in [6, 6.07) is 4.99. The van der Waals surface area contributed by atoms with Gasteiger partial charge in [0.05, 0.1) is 24.5 Å². The van der Waals surface area contributed by atoms with Crippen LogP contribution in [0.5, 0.6) is 5.75 Å². The number of aromatic nitrogens is 1. The molecule has 0 aliphatic rings. The van der Waals surface area contributed by atoms with E-state index in [1.807, 2.05) is 38.8 Å². The first-order valence-corrected chi connectivity index (χ1v) is 7.97. The number of hydrogen-bond donors (Lipinski definition) is 1. The highest BCUT2D eigenvalue weighted by atomic mass is 35.5. The summed E-state index contributed by atoms with van der Waals surface area (Å²) in [5.41, 5.74) is 2.25. The van der Waals surface area contributed by atoms with Crippen LogP contribution in [0.2, 0.25) is 5.02 Å². The number of benzene rings is 1. The van der Waals surface area contributed by atoms with E-state index in [4.69, 9.17) is 20.9 Å². The van der Waals surface area contributed by atoms with Crippen LogP contribution in [0.15, 0.2) is 22.7 Å². The fourth-order valence-corrected chi connectivity index (χ4v) is 2.41. The van der Waals surface area contributed by atoms with Crippen LogP contribution < -0.4 is 10.1 Å². The summed E-state index contributed by atoms with van der Waals surface area (Å²) >= 11 is 6.09. The van der Waals surface area contributed by atoms with E-state index in [1.165, 1.54) is 0 Å². The second-order valence-electron chi connectivity index (χ2n) is 5.81. The predicted molar refractivity (Wildman–Crippen MR) is 93.5 cm³/mol. The second-order valence-corrected chi connectivity index (χ2v) is 6.22. The van der Waals surface area contributed by atoms with E-state index in [2.05, 4.69) is 10.5 Å². The molecule has 1 atom stereocenters. The fraction of sp³-hybridized carbons (Fsp3) is 0.412. The number of anilines is 1. The molecule has 0 aliphatic carbocycles. The van der Waals surface area contributed by atoms with Crippen molar-refractivity contribution < 1.29 is 14.1 Å². The third-order valence-electron chi connectivity index (χ3n) is 3.87. The Morgan fingerprint density at radius 1 is 1.42 bits per heavy atom. The molecule has 130 valence electrons. The van der Waals surface area contributed by atoms with Crippen molar-refractivity contribution in [2.45, 2.75) is 33.4 Å². The van der Waals surface area contributed by atoms with Crippen LogP contribution in [0.4, 0.5) is 5.69 Å². The number of hydrogen-bond acceptors (Lipinski definition) is 5. The maximum atomic E-state index is 12.5. The topological polar surface area (TPSA) is 67.6 Å². The fourth-order valence-electron chi connectivity index (χ4n) is 2.25. The van der Waals surface area contributed by atoms with Gasteiger partial charge in [0.2, 0.25) is 5.91 Å². The van der Waals surface area contributed by atoms with Gasteiger partial charge < -0.3 is 14.6 Å². The van der Waals surface area contributed by atoms with Crippen molar-refractivity contribution in [2.75, 3.05) is 19.5 Å². The van der Waals surface area contributed by atoms with Gasteiger partial charge in [0.25, 0.3) is 0 Å². The second kappa shape index (κ2) is 7.68. The smallest absolute Gasteiger partial charge is 0.241 e. The highest BCUT2D eigenvalue weighted by Crippen LogP contribution is 2.31. The van der Waals surface area contributed by atoms with Crippen molar-refractivity contribution in [3.8, 4) is 5.75 Å². The van der Waals surface area contributed by atoms with Crippen molar-refractivity contribution in [3.05, 3.63) is 40.2 Å². The Hall–Kier alpha value is -2.05. The number of halogens is 1. The quantitative estimate of drug-likeness (QED) is 0.863. The third kappa shape index (κ3) is 4.27. The zero-order valence-corrected chi connectivity index (χ0v) is 15.3. The number of amides is 1. The molecule has 1 heterocycles. The molecule has 1 N–H and O–H groups in total. The van der Waals surface area contributed by atoms with Crippen molar-refractivity contribution >= 4 is 23.2 Å². The van der Waals surface area contributed by atoms with Gasteiger partial charge in [-0.3, -0.25) is 9.69 Å². The molecule has 2 aromatic rings. The number of ether oxygens (including phenoxy) is 1. The van der Waals surface area contributed by atoms with Gasteiger partial charge in [-0.25, -0.2) is 0 Å². The van der Waals surface area contributed by atoms with Crippen molar-refractivity contribution in [3.63, 3.8) is 0 Å². The van der Waals surface area contributed by atoms with E-state index in [0.717, 1.165) is 17.0 Å². The van der Waals surface area contributed by atoms with E-state index in [1.54, 1.807) is 19.2 Å². The summed E-state index contributed by atoms with van der Waals surface area (Å²) in [5.74, 6) is 1.13. The maximum Gasteiger partial charge on any atom is 0.241 e. The molecule has 0 radical (unpaired) electrons. The minimum absolute atomic E-state index is 0.141. The summed E-state index contributed by atoms with van der Waals surface area (Å²) in [4.78, 5) is 14.4. The summed E-state index contributed by atoms with van der Waals surface area (Å²) in [5, 5.41) is 7.43. The molecule has 6 nitrogen and oxygen atoms in total. The Balaban J connectivity index is 2.07. The minimum Gasteiger partial charge on any atom is -0.495 e. The molecule has 2 rings (SSSR count). The minimum atomic E-state index is -0.359. The van der Waals surface area contributed by atoms with Gasteiger partial charge in [0.1, 0.15) is 11.5 Å². The number of carbonyl (C=O) groups excluding carboxylic acids is 1. The largest absolute Gasteiger partial charge is 0.495 e. The molecule has 1 amide bonds. The van der Waals surface area contributed by atoms with Crippen molar-refractivity contribution in [1.29, 1.82) is 0 Å². The normalized spacial score (nSPS) is 12.3. The number of nitrogens with zero attached hydrogens (tertiary/aromatic N) is 2. The number of carbonyl (C=O) groups is 1. The standard InChI is InChI=1S/C17H22ClN3O3/c1-10-6-15(16(23-5)8-14(10)18)19-17(22)12(3)21(4)9-13-7-11(2)24-20-13/h6-8,12H,9H2,1-5H3,(H,19,22). The molecule has 1 aromatic heterocycles. The molecule has 7 heteroatoms. The summed E-state index contributed by atoms with van der Waals surface area (Å²) < 4.78 is 10.3. The average Bonchev–Trinajstić information content (AvgIpc) is 2.94. The molecule has 0 bridgehead atoms. The molecule has 1 unspecified atom stereocenters. The van der Waals surface area contributed by atoms with Crippen LogP contribution in [0.25, 0.3) is 0 Å². The van der Waals surface area contributed by atoms with Crippen LogP contribution in [-0.2, 0) is 11.3 Å². The zero-order chi connectivity index (χ0) is 17.9. The molecular formula is C17H22ClN3O3. The van der Waals surface area contributed by atoms with Crippen LogP contribution in [-0.4, -0.2) is 36.2 Å². The maximum absolute atomic E-state index is 12.5. The van der Waals surface area contributed by atoms with E-state index >= 15 is 0 Å². The average molecular weight is 352 g/mol. The van der Waals surface area contributed by atoms with E-state index < -0.39 is 0 Å². The first-order valence-electron chi connectivity index (χ1n) is 7.59. The number of likely N-dealkylation sites (N-methyl/N-ethyl adjacent to an activating group) is 1. The Kier molecular flexibility index (Phi) is 5.85. The van der Waals surface area contributed by atoms with Gasteiger partial charge in [-0.15, -0.1) is 0 Å². The first kappa shape index (κ1) is 18.3. The third-order valence-corrected chi connectivity index (χ3v) is 4.27. The number of methoxy groups -OCH3 is 1. The van der Waals surface area contributed by atoms with Gasteiger partial charge in [-0.2, -0.15) is 0 Å². The summed E-state index contributed by atoms with van der Waals surface area (Å²) in [6.07, 6.45) is 0. The van der Waals surface area contributed by atoms with E-state index in [-0.39, 0.29) is 11.9 Å². The molecule has 0 saturated carbocycles. The van der Waals surface area contributed by atoms with Crippen molar-refractivity contribution in [1.82, 2.24) is 10.1 Å². The Bertz CT molecular complexity index is 730. The van der Waals surface area contributed by atoms with Gasteiger partial charge in [0, 0.05) is 23.7 Å². The highest BCUT2D eigenvalue weighted by Gasteiger charge is 2.21. The molecule has 0 aliphatic heterocycles. The van der Waals surface area contributed by atoms with Crippen LogP contribution >= 0.6 is 11.6 Å². The first-order chi connectivity index (χ1) is 11.3. The van der Waals surface area contributed by atoms with Gasteiger partial charge in [0.15, 0.2) is 0 Å². The molecule has 0 fully saturated rings. The van der Waals surface area contributed by atoms with Crippen LogP contribution in [0.3, 0.4) is 0 Å². The SMILES string of the molecule is COc1cc(Cl)c(C)cc1NC(=O)C(C)N(C)Cc1cc(C)on1. The Labute approximate surface area is 146 Å². The van der Waals surface area contributed by atoms with Gasteiger partial charge >= 0.3 is 0 Å². The zero-order valence-electron chi connectivity index (χ0n) is 14.5. The molecule has 1 aromatic carbocycles. The predicted octanol–water partition coefficient (Wildman–Crippen LogP) is 3.41. The van der Waals surface area contributed by atoms with Gasteiger partial charge in [-0.05, 0) is 39.4 Å². The lowest BCUT2D eigenvalue weighted by molar-refractivity contribution is -0.120. The molecule has 24 heavy (non-hydrogen) atoms. The lowest BCUT2D eigenvalue weighted by Crippen LogP contribution is -2.39. The number of rotatable bonds is 6. The lowest BCUT2D eigenvalue weighted by Gasteiger charge is -2.23. The monoisotopic (exact) mass is 351 g/mol. The Morgan fingerprint density at radius 3 is 2.71 bits per heavy atom.